The van der Waals surface area contributed by atoms with Gasteiger partial charge in [-0.15, -0.1) is 0 Å². The summed E-state index contributed by atoms with van der Waals surface area (Å²) in [5, 5.41) is 15.3. The van der Waals surface area contributed by atoms with Crippen molar-refractivity contribution in [2.24, 2.45) is 0 Å². The van der Waals surface area contributed by atoms with E-state index in [4.69, 9.17) is 9.51 Å². The molecule has 2 aromatic carbocycles. The molecule has 0 bridgehead atoms. The smallest absolute Gasteiger partial charge is 0.227 e. The molecule has 1 N–H and O–H groups in total. The van der Waals surface area contributed by atoms with Gasteiger partial charge >= 0.3 is 0 Å². The molecule has 206 valence electrons. The van der Waals surface area contributed by atoms with Gasteiger partial charge in [0.15, 0.2) is 16.8 Å². The highest BCUT2D eigenvalue weighted by Gasteiger charge is 2.36. The van der Waals surface area contributed by atoms with Gasteiger partial charge in [-0.25, -0.2) is 18.7 Å². The minimum Gasteiger partial charge on any atom is -0.385 e. The zero-order valence-corrected chi connectivity index (χ0v) is 23.2. The third kappa shape index (κ3) is 4.39. The summed E-state index contributed by atoms with van der Waals surface area (Å²) < 4.78 is 35.3. The number of aryl methyl sites for hydroxylation is 2. The zero-order valence-electron chi connectivity index (χ0n) is 22.4. The van der Waals surface area contributed by atoms with Crippen LogP contribution in [0.25, 0.3) is 27.3 Å². The molecule has 0 unspecified atom stereocenters. The van der Waals surface area contributed by atoms with E-state index in [-0.39, 0.29) is 18.0 Å². The van der Waals surface area contributed by atoms with Gasteiger partial charge in [-0.2, -0.15) is 0 Å². The number of aliphatic hydroxyl groups is 1. The molecule has 6 rings (SSSR count). The van der Waals surface area contributed by atoms with E-state index in [1.807, 2.05) is 36.6 Å². The fourth-order valence-electron chi connectivity index (χ4n) is 5.30. The normalized spacial score (nSPS) is 16.3. The van der Waals surface area contributed by atoms with Crippen molar-refractivity contribution in [3.63, 3.8) is 0 Å². The third-order valence-corrected chi connectivity index (χ3v) is 8.51. The van der Waals surface area contributed by atoms with Gasteiger partial charge in [0.1, 0.15) is 11.6 Å². The van der Waals surface area contributed by atoms with Crippen LogP contribution in [0.2, 0.25) is 0 Å². The van der Waals surface area contributed by atoms with Crippen molar-refractivity contribution in [1.29, 1.82) is 0 Å². The van der Waals surface area contributed by atoms with Gasteiger partial charge in [-0.1, -0.05) is 22.6 Å². The molecule has 0 spiro atoms. The molecule has 40 heavy (non-hydrogen) atoms. The van der Waals surface area contributed by atoms with Crippen LogP contribution in [-0.4, -0.2) is 30.7 Å². The number of piperidine rings is 1. The number of amides is 1. The number of carbonyl (C=O) groups excluding carboxylic acids is 1. The lowest BCUT2D eigenvalue weighted by atomic mass is 9.99. The number of thiazole rings is 1. The van der Waals surface area contributed by atoms with Gasteiger partial charge in [-0.05, 0) is 70.4 Å². The van der Waals surface area contributed by atoms with Crippen molar-refractivity contribution in [3.05, 3.63) is 76.4 Å². The number of benzene rings is 2. The Morgan fingerprint density at radius 3 is 2.60 bits per heavy atom. The van der Waals surface area contributed by atoms with E-state index < -0.39 is 23.3 Å². The average molecular weight is 564 g/mol. The van der Waals surface area contributed by atoms with E-state index in [2.05, 4.69) is 10.1 Å². The first-order chi connectivity index (χ1) is 19.0. The first kappa shape index (κ1) is 26.3. The Labute approximate surface area is 232 Å². The molecule has 1 aliphatic heterocycles. The van der Waals surface area contributed by atoms with E-state index in [9.17, 15) is 18.7 Å². The number of carbonyl (C=O) groups is 1. The number of rotatable bonds is 5. The molecule has 11 heteroatoms. The van der Waals surface area contributed by atoms with Gasteiger partial charge < -0.3 is 14.5 Å². The highest BCUT2D eigenvalue weighted by molar-refractivity contribution is 7.14. The molecule has 0 aliphatic carbocycles. The van der Waals surface area contributed by atoms with Crippen molar-refractivity contribution < 1.29 is 23.2 Å². The maximum absolute atomic E-state index is 14.3. The van der Waals surface area contributed by atoms with Crippen LogP contribution in [0.5, 0.6) is 0 Å². The number of fused-ring (bicyclic) bond motifs is 1. The van der Waals surface area contributed by atoms with E-state index in [1.165, 1.54) is 22.3 Å². The standard InChI is InChI=1S/C29H27F2N5O3S/c1-15-26(16(2)39-34-15)17-8-11-22-21(12-17)33-27(36(22)28-32-14-24(40-28)29(3,4)38)23-6-5-7-25(37)35(23)18-9-10-19(30)20(31)13-18/h8-14,23,38H,5-7H2,1-4H3/t23-/m0/s1. The summed E-state index contributed by atoms with van der Waals surface area (Å²) in [6.45, 7) is 7.11. The lowest BCUT2D eigenvalue weighted by Crippen LogP contribution is -2.39. The molecule has 1 aliphatic rings. The van der Waals surface area contributed by atoms with Crippen LogP contribution >= 0.6 is 11.3 Å². The molecule has 8 nitrogen and oxygen atoms in total. The van der Waals surface area contributed by atoms with Gasteiger partial charge in [0.05, 0.1) is 33.2 Å². The monoisotopic (exact) mass is 563 g/mol. The number of hydrogen-bond acceptors (Lipinski definition) is 7. The maximum Gasteiger partial charge on any atom is 0.227 e. The molecular weight excluding hydrogens is 536 g/mol. The van der Waals surface area contributed by atoms with Gasteiger partial charge in [0, 0.05) is 29.9 Å². The number of imidazole rings is 1. The van der Waals surface area contributed by atoms with Gasteiger partial charge in [0.25, 0.3) is 0 Å². The molecule has 5 aromatic rings. The summed E-state index contributed by atoms with van der Waals surface area (Å²) in [7, 11) is 0. The van der Waals surface area contributed by atoms with E-state index >= 15 is 0 Å². The fraction of sp³-hybridized carbons (Fsp3) is 0.310. The average Bonchev–Trinajstić information content (AvgIpc) is 3.62. The van der Waals surface area contributed by atoms with E-state index in [0.717, 1.165) is 34.5 Å². The Kier molecular flexibility index (Phi) is 6.30. The predicted molar refractivity (Wildman–Crippen MR) is 147 cm³/mol. The molecule has 1 atom stereocenters. The van der Waals surface area contributed by atoms with Crippen LogP contribution in [0.1, 0.15) is 61.3 Å². The Morgan fingerprint density at radius 1 is 1.12 bits per heavy atom. The minimum atomic E-state index is -1.10. The molecular formula is C29H27F2N5O3S. The molecule has 0 radical (unpaired) electrons. The molecule has 4 heterocycles. The molecule has 1 saturated heterocycles. The minimum absolute atomic E-state index is 0.200. The second-order valence-corrected chi connectivity index (χ2v) is 11.6. The van der Waals surface area contributed by atoms with E-state index in [1.54, 1.807) is 20.0 Å². The highest BCUT2D eigenvalue weighted by atomic mass is 32.1. The number of halogens is 2. The number of hydrogen-bond donors (Lipinski definition) is 1. The molecule has 1 amide bonds. The van der Waals surface area contributed by atoms with Gasteiger partial charge in [-0.3, -0.25) is 9.36 Å². The van der Waals surface area contributed by atoms with E-state index in [0.29, 0.717) is 40.0 Å². The van der Waals surface area contributed by atoms with Crippen LogP contribution < -0.4 is 4.90 Å². The maximum atomic E-state index is 14.3. The Hall–Kier alpha value is -3.96. The summed E-state index contributed by atoms with van der Waals surface area (Å²) in [4.78, 5) is 25.1. The summed E-state index contributed by atoms with van der Waals surface area (Å²) in [5.74, 6) is -0.977. The largest absolute Gasteiger partial charge is 0.385 e. The summed E-state index contributed by atoms with van der Waals surface area (Å²) in [5.41, 5.74) is 3.11. The molecule has 3 aromatic heterocycles. The van der Waals surface area contributed by atoms with Crippen molar-refractivity contribution in [2.75, 3.05) is 4.90 Å². The molecule has 1 fully saturated rings. The number of nitrogens with zero attached hydrogens (tertiary/aromatic N) is 5. The van der Waals surface area contributed by atoms with Crippen LogP contribution in [0.4, 0.5) is 14.5 Å². The zero-order chi connectivity index (χ0) is 28.3. The third-order valence-electron chi connectivity index (χ3n) is 7.22. The van der Waals surface area contributed by atoms with Crippen molar-refractivity contribution in [2.45, 2.75) is 58.6 Å². The Morgan fingerprint density at radius 2 is 1.93 bits per heavy atom. The van der Waals surface area contributed by atoms with Crippen molar-refractivity contribution in [3.8, 4) is 16.3 Å². The van der Waals surface area contributed by atoms with Crippen LogP contribution in [0.15, 0.2) is 47.1 Å². The quantitative estimate of drug-likeness (QED) is 0.262. The summed E-state index contributed by atoms with van der Waals surface area (Å²) >= 11 is 1.32. The lowest BCUT2D eigenvalue weighted by Gasteiger charge is -2.35. The topological polar surface area (TPSA) is 97.3 Å². The Bertz CT molecular complexity index is 1750. The number of anilines is 1. The first-order valence-corrected chi connectivity index (χ1v) is 13.8. The second-order valence-electron chi connectivity index (χ2n) is 10.5. The SMILES string of the molecule is Cc1noc(C)c1-c1ccc2c(c1)nc([C@@H]1CCCC(=O)N1c1ccc(F)c(F)c1)n2-c1ncc(C(C)(C)O)s1. The lowest BCUT2D eigenvalue weighted by molar-refractivity contribution is -0.120. The van der Waals surface area contributed by atoms with Crippen molar-refractivity contribution >= 4 is 34.0 Å². The molecule has 0 saturated carbocycles. The fourth-order valence-corrected chi connectivity index (χ4v) is 6.24. The van der Waals surface area contributed by atoms with Crippen LogP contribution in [0, 0.1) is 25.5 Å². The van der Waals surface area contributed by atoms with Gasteiger partial charge in [0.2, 0.25) is 5.91 Å². The second kappa shape index (κ2) is 9.60. The summed E-state index contributed by atoms with van der Waals surface area (Å²) in [6.07, 6.45) is 3.09. The highest BCUT2D eigenvalue weighted by Crippen LogP contribution is 2.40. The predicted octanol–water partition coefficient (Wildman–Crippen LogP) is 6.52. The van der Waals surface area contributed by atoms with Crippen molar-refractivity contribution in [1.82, 2.24) is 19.7 Å². The number of aromatic nitrogens is 4. The Balaban J connectivity index is 1.57. The van der Waals surface area contributed by atoms with Crippen LogP contribution in [-0.2, 0) is 10.4 Å². The van der Waals surface area contributed by atoms with Crippen LogP contribution in [0.3, 0.4) is 0 Å². The summed E-state index contributed by atoms with van der Waals surface area (Å²) in [6, 6.07) is 8.76. The first-order valence-electron chi connectivity index (χ1n) is 12.9.